The molecule has 16 heavy (non-hydrogen) atoms. The summed E-state index contributed by atoms with van der Waals surface area (Å²) < 4.78 is 4.68. The Morgan fingerprint density at radius 1 is 1.12 bits per heavy atom. The highest BCUT2D eigenvalue weighted by molar-refractivity contribution is 5.89. The molecule has 0 saturated heterocycles. The molecule has 1 N–H and O–H groups in total. The quantitative estimate of drug-likeness (QED) is 0.735. The molecule has 0 atom stereocenters. The van der Waals surface area contributed by atoms with Crippen molar-refractivity contribution in [2.24, 2.45) is 0 Å². The van der Waals surface area contributed by atoms with Crippen LogP contribution in [0.3, 0.4) is 0 Å². The van der Waals surface area contributed by atoms with Crippen LogP contribution in [-0.4, -0.2) is 5.11 Å². The lowest BCUT2D eigenvalue weighted by Crippen LogP contribution is -2.05. The van der Waals surface area contributed by atoms with Gasteiger partial charge in [-0.1, -0.05) is 6.07 Å². The SMILES string of the molecule is O=c1cc2c3c(ccc2c(O)o1)CCCC3. The smallest absolute Gasteiger partial charge is 0.339 e. The predicted octanol–water partition coefficient (Wildman–Crippen LogP) is 2.38. The van der Waals surface area contributed by atoms with Gasteiger partial charge in [-0.2, -0.15) is 0 Å². The lowest BCUT2D eigenvalue weighted by Gasteiger charge is -2.17. The van der Waals surface area contributed by atoms with E-state index in [2.05, 4.69) is 4.42 Å². The highest BCUT2D eigenvalue weighted by Crippen LogP contribution is 2.31. The Labute approximate surface area is 92.3 Å². The number of fused-ring (bicyclic) bond motifs is 3. The number of hydrogen-bond acceptors (Lipinski definition) is 3. The standard InChI is InChI=1S/C13H12O3/c14-12-7-11-9-4-2-1-3-8(9)5-6-10(11)13(15)16-12/h5-7,15H,1-4H2. The molecule has 0 saturated carbocycles. The molecular formula is C13H12O3. The minimum absolute atomic E-state index is 0.268. The fourth-order valence-electron chi connectivity index (χ4n) is 2.51. The summed E-state index contributed by atoms with van der Waals surface area (Å²) in [6.45, 7) is 0. The van der Waals surface area contributed by atoms with E-state index in [0.29, 0.717) is 5.39 Å². The van der Waals surface area contributed by atoms with Crippen LogP contribution in [0.4, 0.5) is 0 Å². The normalized spacial score (nSPS) is 15.0. The van der Waals surface area contributed by atoms with Crippen molar-refractivity contribution in [3.63, 3.8) is 0 Å². The molecule has 1 aliphatic rings. The average molecular weight is 216 g/mol. The average Bonchev–Trinajstić information content (AvgIpc) is 2.28. The number of benzene rings is 1. The van der Waals surface area contributed by atoms with Gasteiger partial charge in [0, 0.05) is 6.07 Å². The molecule has 3 heteroatoms. The third-order valence-corrected chi connectivity index (χ3v) is 3.27. The summed E-state index contributed by atoms with van der Waals surface area (Å²) in [7, 11) is 0. The molecule has 0 unspecified atom stereocenters. The van der Waals surface area contributed by atoms with E-state index in [0.717, 1.165) is 24.6 Å². The fourth-order valence-corrected chi connectivity index (χ4v) is 2.51. The molecule has 1 aromatic heterocycles. The Balaban J connectivity index is 2.42. The van der Waals surface area contributed by atoms with Gasteiger partial charge >= 0.3 is 5.63 Å². The monoisotopic (exact) mass is 216 g/mol. The zero-order valence-electron chi connectivity index (χ0n) is 8.82. The summed E-state index contributed by atoms with van der Waals surface area (Å²) in [5.74, 6) is -0.268. The van der Waals surface area contributed by atoms with Crippen LogP contribution >= 0.6 is 0 Å². The van der Waals surface area contributed by atoms with E-state index in [1.54, 1.807) is 0 Å². The summed E-state index contributed by atoms with van der Waals surface area (Å²) in [4.78, 5) is 11.3. The molecule has 0 radical (unpaired) electrons. The highest BCUT2D eigenvalue weighted by atomic mass is 16.5. The molecule has 82 valence electrons. The van der Waals surface area contributed by atoms with Crippen LogP contribution in [0.2, 0.25) is 0 Å². The Hall–Kier alpha value is -1.77. The zero-order chi connectivity index (χ0) is 11.1. The van der Waals surface area contributed by atoms with E-state index in [1.807, 2.05) is 12.1 Å². The van der Waals surface area contributed by atoms with Gasteiger partial charge in [-0.3, -0.25) is 0 Å². The Morgan fingerprint density at radius 2 is 1.94 bits per heavy atom. The summed E-state index contributed by atoms with van der Waals surface area (Å²) in [6.07, 6.45) is 4.39. The summed E-state index contributed by atoms with van der Waals surface area (Å²) in [6, 6.07) is 5.34. The van der Waals surface area contributed by atoms with Gasteiger partial charge in [0.1, 0.15) is 0 Å². The Kier molecular flexibility index (Phi) is 1.99. The van der Waals surface area contributed by atoms with E-state index < -0.39 is 5.63 Å². The van der Waals surface area contributed by atoms with E-state index in [-0.39, 0.29) is 5.95 Å². The first-order valence-corrected chi connectivity index (χ1v) is 5.53. The Morgan fingerprint density at radius 3 is 2.81 bits per heavy atom. The molecule has 0 spiro atoms. The minimum Gasteiger partial charge on any atom is -0.480 e. The maximum absolute atomic E-state index is 11.3. The van der Waals surface area contributed by atoms with E-state index in [1.165, 1.54) is 23.6 Å². The molecule has 0 amide bonds. The van der Waals surface area contributed by atoms with Crippen molar-refractivity contribution in [2.45, 2.75) is 25.7 Å². The van der Waals surface area contributed by atoms with Crippen LogP contribution in [-0.2, 0) is 12.8 Å². The Bertz CT molecular complexity index is 610. The van der Waals surface area contributed by atoms with Crippen molar-refractivity contribution in [3.05, 3.63) is 39.7 Å². The summed E-state index contributed by atoms with van der Waals surface area (Å²) >= 11 is 0. The molecular weight excluding hydrogens is 204 g/mol. The van der Waals surface area contributed by atoms with Gasteiger partial charge in [0.2, 0.25) is 0 Å². The molecule has 3 rings (SSSR count). The van der Waals surface area contributed by atoms with Crippen LogP contribution in [0.5, 0.6) is 5.95 Å². The molecule has 0 bridgehead atoms. The van der Waals surface area contributed by atoms with Crippen LogP contribution in [0.1, 0.15) is 24.0 Å². The molecule has 1 aliphatic carbocycles. The van der Waals surface area contributed by atoms with Crippen molar-refractivity contribution in [3.8, 4) is 5.95 Å². The third kappa shape index (κ3) is 1.32. The van der Waals surface area contributed by atoms with Gasteiger partial charge in [0.15, 0.2) is 0 Å². The maximum Gasteiger partial charge on any atom is 0.339 e. The maximum atomic E-state index is 11.3. The topological polar surface area (TPSA) is 50.4 Å². The van der Waals surface area contributed by atoms with Crippen LogP contribution < -0.4 is 5.63 Å². The van der Waals surface area contributed by atoms with Gasteiger partial charge < -0.3 is 9.52 Å². The number of aromatic hydroxyl groups is 1. The first-order chi connectivity index (χ1) is 7.75. The van der Waals surface area contributed by atoms with E-state index >= 15 is 0 Å². The lowest BCUT2D eigenvalue weighted by atomic mass is 9.88. The molecule has 2 aromatic rings. The van der Waals surface area contributed by atoms with Crippen molar-refractivity contribution in [1.29, 1.82) is 0 Å². The van der Waals surface area contributed by atoms with Gasteiger partial charge in [-0.15, -0.1) is 0 Å². The second kappa shape index (κ2) is 3.37. The van der Waals surface area contributed by atoms with Crippen LogP contribution in [0, 0.1) is 0 Å². The highest BCUT2D eigenvalue weighted by Gasteiger charge is 2.15. The van der Waals surface area contributed by atoms with Gasteiger partial charge in [-0.05, 0) is 48.3 Å². The molecule has 3 nitrogen and oxygen atoms in total. The van der Waals surface area contributed by atoms with Crippen molar-refractivity contribution in [2.75, 3.05) is 0 Å². The van der Waals surface area contributed by atoms with E-state index in [4.69, 9.17) is 0 Å². The van der Waals surface area contributed by atoms with Crippen molar-refractivity contribution < 1.29 is 9.52 Å². The number of hydrogen-bond donors (Lipinski definition) is 1. The van der Waals surface area contributed by atoms with Crippen molar-refractivity contribution in [1.82, 2.24) is 0 Å². The number of rotatable bonds is 0. The van der Waals surface area contributed by atoms with Gasteiger partial charge in [0.05, 0.1) is 5.39 Å². The molecule has 0 aliphatic heterocycles. The van der Waals surface area contributed by atoms with E-state index in [9.17, 15) is 9.90 Å². The summed E-state index contributed by atoms with van der Waals surface area (Å²) in [5, 5.41) is 11.1. The zero-order valence-corrected chi connectivity index (χ0v) is 8.82. The number of aryl methyl sites for hydroxylation is 2. The molecule has 1 aromatic carbocycles. The molecule has 1 heterocycles. The second-order valence-electron chi connectivity index (χ2n) is 4.24. The first kappa shape index (κ1) is 9.46. The summed E-state index contributed by atoms with van der Waals surface area (Å²) in [5.41, 5.74) is 2.01. The molecule has 0 fully saturated rings. The fraction of sp³-hybridized carbons (Fsp3) is 0.308. The third-order valence-electron chi connectivity index (χ3n) is 3.27. The minimum atomic E-state index is -0.482. The van der Waals surface area contributed by atoms with Gasteiger partial charge in [-0.25, -0.2) is 4.79 Å². The second-order valence-corrected chi connectivity index (χ2v) is 4.24. The van der Waals surface area contributed by atoms with Crippen LogP contribution in [0.15, 0.2) is 27.4 Å². The van der Waals surface area contributed by atoms with Crippen molar-refractivity contribution >= 4 is 10.8 Å². The lowest BCUT2D eigenvalue weighted by molar-refractivity contribution is 0.317. The first-order valence-electron chi connectivity index (χ1n) is 5.53. The predicted molar refractivity (Wildman–Crippen MR) is 60.8 cm³/mol. The van der Waals surface area contributed by atoms with Gasteiger partial charge in [0.25, 0.3) is 5.95 Å². The largest absolute Gasteiger partial charge is 0.480 e. The van der Waals surface area contributed by atoms with Crippen LogP contribution in [0.25, 0.3) is 10.8 Å².